The predicted molar refractivity (Wildman–Crippen MR) is 66.5 cm³/mol. The van der Waals surface area contributed by atoms with Gasteiger partial charge in [0.1, 0.15) is 6.04 Å². The molecule has 5 heteroatoms. The predicted octanol–water partition coefficient (Wildman–Crippen LogP) is 1.12. The van der Waals surface area contributed by atoms with Crippen LogP contribution in [-0.2, 0) is 9.59 Å². The average Bonchev–Trinajstić information content (AvgIpc) is 2.31. The van der Waals surface area contributed by atoms with Crippen molar-refractivity contribution in [1.29, 1.82) is 0 Å². The zero-order valence-corrected chi connectivity index (χ0v) is 10.9. The SMILES string of the molecule is CCCCC(N)C(=O)NC(C(=O)O)C(C)CC. The summed E-state index contributed by atoms with van der Waals surface area (Å²) in [5.74, 6) is -1.48. The fourth-order valence-corrected chi connectivity index (χ4v) is 1.50. The summed E-state index contributed by atoms with van der Waals surface area (Å²) in [5.41, 5.74) is 5.69. The Kier molecular flexibility index (Phi) is 7.54. The molecule has 17 heavy (non-hydrogen) atoms. The molecule has 0 rings (SSSR count). The van der Waals surface area contributed by atoms with E-state index in [0.29, 0.717) is 12.8 Å². The number of hydrogen-bond acceptors (Lipinski definition) is 3. The molecule has 3 unspecified atom stereocenters. The van der Waals surface area contributed by atoms with Crippen molar-refractivity contribution in [2.45, 2.75) is 58.5 Å². The first-order valence-corrected chi connectivity index (χ1v) is 6.22. The number of nitrogens with one attached hydrogen (secondary N) is 1. The van der Waals surface area contributed by atoms with Crippen LogP contribution in [0.4, 0.5) is 0 Å². The quantitative estimate of drug-likeness (QED) is 0.596. The van der Waals surface area contributed by atoms with Crippen LogP contribution in [0, 0.1) is 5.92 Å². The summed E-state index contributed by atoms with van der Waals surface area (Å²) >= 11 is 0. The topological polar surface area (TPSA) is 92.4 Å². The number of unbranched alkanes of at least 4 members (excludes halogenated alkanes) is 1. The normalized spacial score (nSPS) is 16.0. The molecule has 0 saturated heterocycles. The summed E-state index contributed by atoms with van der Waals surface area (Å²) in [6.45, 7) is 5.71. The maximum absolute atomic E-state index is 11.7. The third-order valence-electron chi connectivity index (χ3n) is 2.98. The molecule has 1 amide bonds. The van der Waals surface area contributed by atoms with Crippen LogP contribution in [0.5, 0.6) is 0 Å². The molecule has 100 valence electrons. The molecule has 5 nitrogen and oxygen atoms in total. The van der Waals surface area contributed by atoms with Gasteiger partial charge in [0.05, 0.1) is 6.04 Å². The van der Waals surface area contributed by atoms with Gasteiger partial charge in [0.25, 0.3) is 0 Å². The van der Waals surface area contributed by atoms with Crippen molar-refractivity contribution in [1.82, 2.24) is 5.32 Å². The highest BCUT2D eigenvalue weighted by molar-refractivity contribution is 5.86. The van der Waals surface area contributed by atoms with Crippen molar-refractivity contribution in [3.63, 3.8) is 0 Å². The van der Waals surface area contributed by atoms with E-state index < -0.39 is 18.1 Å². The van der Waals surface area contributed by atoms with Crippen LogP contribution in [0.1, 0.15) is 46.5 Å². The summed E-state index contributed by atoms with van der Waals surface area (Å²) in [5, 5.41) is 11.5. The lowest BCUT2D eigenvalue weighted by atomic mass is 9.98. The Morgan fingerprint density at radius 2 is 1.94 bits per heavy atom. The summed E-state index contributed by atoms with van der Waals surface area (Å²) < 4.78 is 0. The van der Waals surface area contributed by atoms with E-state index in [0.717, 1.165) is 12.8 Å². The Bertz CT molecular complexity index is 256. The zero-order chi connectivity index (χ0) is 13.4. The molecule has 0 aromatic heterocycles. The van der Waals surface area contributed by atoms with Crippen LogP contribution in [0.25, 0.3) is 0 Å². The highest BCUT2D eigenvalue weighted by Gasteiger charge is 2.27. The van der Waals surface area contributed by atoms with Gasteiger partial charge in [-0.05, 0) is 12.3 Å². The lowest BCUT2D eigenvalue weighted by molar-refractivity contribution is -0.143. The summed E-state index contributed by atoms with van der Waals surface area (Å²) in [7, 11) is 0. The fraction of sp³-hybridized carbons (Fsp3) is 0.833. The molecule has 0 radical (unpaired) electrons. The first-order chi connectivity index (χ1) is 7.93. The molecule has 4 N–H and O–H groups in total. The van der Waals surface area contributed by atoms with Crippen LogP contribution in [0.2, 0.25) is 0 Å². The summed E-state index contributed by atoms with van der Waals surface area (Å²) in [6.07, 6.45) is 3.13. The van der Waals surface area contributed by atoms with Crippen molar-refractivity contribution in [2.24, 2.45) is 11.7 Å². The van der Waals surface area contributed by atoms with Crippen LogP contribution < -0.4 is 11.1 Å². The van der Waals surface area contributed by atoms with Gasteiger partial charge in [0, 0.05) is 0 Å². The second-order valence-electron chi connectivity index (χ2n) is 4.46. The Morgan fingerprint density at radius 3 is 2.35 bits per heavy atom. The van der Waals surface area contributed by atoms with E-state index in [9.17, 15) is 9.59 Å². The van der Waals surface area contributed by atoms with Crippen LogP contribution in [0.3, 0.4) is 0 Å². The van der Waals surface area contributed by atoms with E-state index in [1.807, 2.05) is 13.8 Å². The molecule has 0 heterocycles. The maximum atomic E-state index is 11.7. The molecule has 3 atom stereocenters. The Balaban J connectivity index is 4.35. The molecule has 0 aliphatic rings. The second kappa shape index (κ2) is 8.06. The van der Waals surface area contributed by atoms with Gasteiger partial charge in [0.2, 0.25) is 5.91 Å². The van der Waals surface area contributed by atoms with E-state index in [1.165, 1.54) is 0 Å². The van der Waals surface area contributed by atoms with Gasteiger partial charge in [-0.1, -0.05) is 40.0 Å². The number of nitrogens with two attached hydrogens (primary N) is 1. The monoisotopic (exact) mass is 244 g/mol. The summed E-state index contributed by atoms with van der Waals surface area (Å²) in [6, 6.07) is -1.46. The highest BCUT2D eigenvalue weighted by Crippen LogP contribution is 2.08. The zero-order valence-electron chi connectivity index (χ0n) is 10.9. The number of hydrogen-bond donors (Lipinski definition) is 3. The molecule has 0 aliphatic carbocycles. The smallest absolute Gasteiger partial charge is 0.326 e. The summed E-state index contributed by atoms with van der Waals surface area (Å²) in [4.78, 5) is 22.7. The van der Waals surface area contributed by atoms with Gasteiger partial charge in [-0.3, -0.25) is 4.79 Å². The lowest BCUT2D eigenvalue weighted by Crippen LogP contribution is -2.50. The minimum atomic E-state index is -1.00. The third kappa shape index (κ3) is 5.68. The van der Waals surface area contributed by atoms with Crippen molar-refractivity contribution < 1.29 is 14.7 Å². The standard InChI is InChI=1S/C12H24N2O3/c1-4-6-7-9(13)11(15)14-10(12(16)17)8(3)5-2/h8-10H,4-7,13H2,1-3H3,(H,14,15)(H,16,17). The maximum Gasteiger partial charge on any atom is 0.326 e. The molecule has 0 saturated carbocycles. The van der Waals surface area contributed by atoms with E-state index >= 15 is 0 Å². The van der Waals surface area contributed by atoms with E-state index in [1.54, 1.807) is 6.92 Å². The van der Waals surface area contributed by atoms with Crippen LogP contribution in [0.15, 0.2) is 0 Å². The largest absolute Gasteiger partial charge is 0.480 e. The number of carbonyl (C=O) groups is 2. The number of aliphatic carboxylic acids is 1. The lowest BCUT2D eigenvalue weighted by Gasteiger charge is -2.22. The minimum Gasteiger partial charge on any atom is -0.480 e. The Labute approximate surface area is 103 Å². The van der Waals surface area contributed by atoms with Crippen molar-refractivity contribution in [3.05, 3.63) is 0 Å². The van der Waals surface area contributed by atoms with E-state index in [-0.39, 0.29) is 11.8 Å². The first-order valence-electron chi connectivity index (χ1n) is 6.22. The number of amides is 1. The molecular weight excluding hydrogens is 220 g/mol. The highest BCUT2D eigenvalue weighted by atomic mass is 16.4. The number of carboxylic acid groups (broad SMARTS) is 1. The van der Waals surface area contributed by atoms with Gasteiger partial charge in [-0.25, -0.2) is 4.79 Å². The molecule has 0 aromatic carbocycles. The molecular formula is C12H24N2O3. The van der Waals surface area contributed by atoms with E-state index in [2.05, 4.69) is 5.32 Å². The third-order valence-corrected chi connectivity index (χ3v) is 2.98. The van der Waals surface area contributed by atoms with Gasteiger partial charge in [-0.15, -0.1) is 0 Å². The average molecular weight is 244 g/mol. The van der Waals surface area contributed by atoms with Crippen molar-refractivity contribution in [2.75, 3.05) is 0 Å². The van der Waals surface area contributed by atoms with Crippen molar-refractivity contribution in [3.8, 4) is 0 Å². The molecule has 0 spiro atoms. The second-order valence-corrected chi connectivity index (χ2v) is 4.46. The van der Waals surface area contributed by atoms with Gasteiger partial charge in [0.15, 0.2) is 0 Å². The number of carboxylic acids is 1. The molecule has 0 aromatic rings. The first kappa shape index (κ1) is 15.9. The number of carbonyl (C=O) groups excluding carboxylic acids is 1. The minimum absolute atomic E-state index is 0.102. The van der Waals surface area contributed by atoms with E-state index in [4.69, 9.17) is 10.8 Å². The van der Waals surface area contributed by atoms with Gasteiger partial charge >= 0.3 is 5.97 Å². The Morgan fingerprint density at radius 1 is 1.35 bits per heavy atom. The van der Waals surface area contributed by atoms with Gasteiger partial charge < -0.3 is 16.2 Å². The van der Waals surface area contributed by atoms with Crippen LogP contribution in [-0.4, -0.2) is 29.1 Å². The molecule has 0 bridgehead atoms. The van der Waals surface area contributed by atoms with Crippen molar-refractivity contribution >= 4 is 11.9 Å². The van der Waals surface area contributed by atoms with Crippen LogP contribution >= 0.6 is 0 Å². The molecule has 0 fully saturated rings. The fourth-order valence-electron chi connectivity index (χ4n) is 1.50. The molecule has 0 aliphatic heterocycles. The number of rotatable bonds is 8. The van der Waals surface area contributed by atoms with Gasteiger partial charge in [-0.2, -0.15) is 0 Å². The Hall–Kier alpha value is -1.10.